The first-order valence-corrected chi connectivity index (χ1v) is 21.2. The lowest BCUT2D eigenvalue weighted by Gasteiger charge is -2.36. The van der Waals surface area contributed by atoms with Crippen molar-refractivity contribution in [2.24, 2.45) is 5.92 Å². The molecule has 4 heteroatoms. The number of nitrogens with zero attached hydrogens (tertiary/aromatic N) is 1. The van der Waals surface area contributed by atoms with Crippen LogP contribution in [-0.2, 0) is 5.41 Å². The van der Waals surface area contributed by atoms with Crippen LogP contribution >= 0.6 is 11.3 Å². The van der Waals surface area contributed by atoms with E-state index in [1.54, 1.807) is 0 Å². The molecule has 0 radical (unpaired) electrons. The zero-order chi connectivity index (χ0) is 38.7. The van der Waals surface area contributed by atoms with E-state index in [1.165, 1.54) is 64.7 Å². The summed E-state index contributed by atoms with van der Waals surface area (Å²) in [6, 6.07) is 63.5. The Kier molecular flexibility index (Phi) is 6.93. The van der Waals surface area contributed by atoms with Gasteiger partial charge in [0, 0.05) is 42.9 Å². The normalized spacial score (nSPS) is 17.6. The quantitative estimate of drug-likeness (QED) is 0.178. The van der Waals surface area contributed by atoms with Gasteiger partial charge in [0.05, 0.1) is 16.8 Å². The summed E-state index contributed by atoms with van der Waals surface area (Å²) >= 11 is 1.85. The van der Waals surface area contributed by atoms with E-state index >= 15 is 0 Å². The lowest BCUT2D eigenvalue weighted by molar-refractivity contribution is 0.359. The minimum absolute atomic E-state index is 0.284. The van der Waals surface area contributed by atoms with Crippen molar-refractivity contribution < 1.29 is 9.47 Å². The van der Waals surface area contributed by atoms with Crippen molar-refractivity contribution in [3.05, 3.63) is 216 Å². The summed E-state index contributed by atoms with van der Waals surface area (Å²) < 4.78 is 16.8. The molecule has 0 amide bonds. The van der Waals surface area contributed by atoms with E-state index in [9.17, 15) is 0 Å². The monoisotopic (exact) mass is 773 g/mol. The molecule has 1 aromatic heterocycles. The van der Waals surface area contributed by atoms with Crippen LogP contribution in [0.2, 0.25) is 0 Å². The van der Waals surface area contributed by atoms with Crippen molar-refractivity contribution in [2.75, 3.05) is 4.90 Å². The van der Waals surface area contributed by atoms with Gasteiger partial charge in [-0.05, 0) is 93.9 Å². The molecular formula is C55H35NO2S. The average Bonchev–Trinajstić information content (AvgIpc) is 3.92. The van der Waals surface area contributed by atoms with Gasteiger partial charge < -0.3 is 14.4 Å². The van der Waals surface area contributed by atoms with Gasteiger partial charge in [-0.15, -0.1) is 11.3 Å². The standard InChI is InChI=1S/C55H35NO2S/c1-2-16-34(17-3-1)56(47-28-12-7-21-38(47)40-23-14-24-41-39-22-8-13-31-52(39)59-54(40)41)48-29-15-30-49-53(48)58-50-32-42-37-20-6-11-27-45(37)55(46(42)33-51(50)57-49)43-25-9-4-18-35(43)36-19-5-10-26-44(36)55/h1-25,27-33,44H,26H2. The number of hydrogen-bond acceptors (Lipinski definition) is 4. The van der Waals surface area contributed by atoms with Gasteiger partial charge in [0.1, 0.15) is 0 Å². The fourth-order valence-corrected chi connectivity index (χ4v) is 11.9. The van der Waals surface area contributed by atoms with Crippen LogP contribution in [0.4, 0.5) is 17.1 Å². The number of hydrogen-bond donors (Lipinski definition) is 0. The molecule has 0 fully saturated rings. The van der Waals surface area contributed by atoms with Gasteiger partial charge in [-0.1, -0.05) is 146 Å². The molecule has 0 saturated heterocycles. The predicted molar refractivity (Wildman–Crippen MR) is 243 cm³/mol. The molecule has 2 atom stereocenters. The summed E-state index contributed by atoms with van der Waals surface area (Å²) in [5, 5.41) is 2.57. The van der Waals surface area contributed by atoms with Gasteiger partial charge in [-0.25, -0.2) is 0 Å². The lowest BCUT2D eigenvalue weighted by atomic mass is 9.65. The Morgan fingerprint density at radius 3 is 2.08 bits per heavy atom. The summed E-state index contributed by atoms with van der Waals surface area (Å²) in [6.07, 6.45) is 7.86. The van der Waals surface area contributed by atoms with E-state index in [0.29, 0.717) is 11.5 Å². The van der Waals surface area contributed by atoms with Gasteiger partial charge in [0.25, 0.3) is 0 Å². The molecule has 1 spiro atoms. The smallest absolute Gasteiger partial charge is 0.194 e. The maximum atomic E-state index is 7.17. The fourth-order valence-electron chi connectivity index (χ4n) is 10.7. The van der Waals surface area contributed by atoms with Crippen molar-refractivity contribution in [3.63, 3.8) is 0 Å². The van der Waals surface area contributed by atoms with Crippen LogP contribution < -0.4 is 14.4 Å². The van der Waals surface area contributed by atoms with E-state index in [1.807, 2.05) is 17.4 Å². The highest BCUT2D eigenvalue weighted by Crippen LogP contribution is 2.67. The van der Waals surface area contributed by atoms with Crippen LogP contribution in [0, 0.1) is 5.92 Å². The number of thiophene rings is 1. The molecule has 0 N–H and O–H groups in total. The summed E-state index contributed by atoms with van der Waals surface area (Å²) in [7, 11) is 0. The molecule has 0 bridgehead atoms. The molecule has 4 aliphatic rings. The average molecular weight is 774 g/mol. The summed E-state index contributed by atoms with van der Waals surface area (Å²) in [5.41, 5.74) is 14.2. The van der Waals surface area contributed by atoms with Gasteiger partial charge in [-0.3, -0.25) is 0 Å². The van der Waals surface area contributed by atoms with E-state index in [4.69, 9.17) is 9.47 Å². The molecule has 2 unspecified atom stereocenters. The molecule has 3 nitrogen and oxygen atoms in total. The summed E-state index contributed by atoms with van der Waals surface area (Å²) in [5.74, 6) is 3.13. The maximum Gasteiger partial charge on any atom is 0.194 e. The number of anilines is 3. The Hall–Kier alpha value is -7.14. The minimum atomic E-state index is -0.329. The number of allylic oxidation sites excluding steroid dienone is 4. The topological polar surface area (TPSA) is 21.7 Å². The molecule has 278 valence electrons. The first-order valence-electron chi connectivity index (χ1n) is 20.4. The van der Waals surface area contributed by atoms with Gasteiger partial charge >= 0.3 is 0 Å². The molecule has 1 aliphatic heterocycles. The Bertz CT molecular complexity index is 3280. The largest absolute Gasteiger partial charge is 0.449 e. The zero-order valence-electron chi connectivity index (χ0n) is 31.9. The van der Waals surface area contributed by atoms with Crippen LogP contribution in [0.25, 0.3) is 48.0 Å². The molecule has 2 heterocycles. The van der Waals surface area contributed by atoms with E-state index in [0.717, 1.165) is 40.5 Å². The van der Waals surface area contributed by atoms with Crippen molar-refractivity contribution in [1.29, 1.82) is 0 Å². The number of fused-ring (bicyclic) bond motifs is 15. The molecule has 0 saturated carbocycles. The Balaban J connectivity index is 0.987. The Morgan fingerprint density at radius 1 is 0.508 bits per heavy atom. The molecule has 13 rings (SSSR count). The van der Waals surface area contributed by atoms with E-state index in [-0.39, 0.29) is 11.3 Å². The molecule has 59 heavy (non-hydrogen) atoms. The van der Waals surface area contributed by atoms with Crippen molar-refractivity contribution in [3.8, 4) is 45.3 Å². The van der Waals surface area contributed by atoms with Crippen LogP contribution in [0.5, 0.6) is 23.0 Å². The Morgan fingerprint density at radius 2 is 1.19 bits per heavy atom. The van der Waals surface area contributed by atoms with Gasteiger partial charge in [0.2, 0.25) is 0 Å². The third-order valence-electron chi connectivity index (χ3n) is 13.0. The molecule has 8 aromatic carbocycles. The maximum absolute atomic E-state index is 7.17. The fraction of sp³-hybridized carbons (Fsp3) is 0.0545. The van der Waals surface area contributed by atoms with Gasteiger partial charge in [-0.2, -0.15) is 0 Å². The lowest BCUT2D eigenvalue weighted by Crippen LogP contribution is -2.32. The van der Waals surface area contributed by atoms with Crippen molar-refractivity contribution >= 4 is 54.1 Å². The molecular weight excluding hydrogens is 739 g/mol. The number of rotatable bonds is 4. The first kappa shape index (κ1) is 32.9. The molecule has 9 aromatic rings. The third kappa shape index (κ3) is 4.52. The predicted octanol–water partition coefficient (Wildman–Crippen LogP) is 15.4. The highest BCUT2D eigenvalue weighted by molar-refractivity contribution is 7.26. The van der Waals surface area contributed by atoms with Crippen LogP contribution in [0.3, 0.4) is 0 Å². The first-order chi connectivity index (χ1) is 29.3. The summed E-state index contributed by atoms with van der Waals surface area (Å²) in [6.45, 7) is 0. The van der Waals surface area contributed by atoms with Crippen LogP contribution in [0.1, 0.15) is 28.7 Å². The SMILES string of the molecule is C1=CCC2C(=C1)c1ccccc1C21c2ccccc2-c2cc3c(cc21)Oc1cccc(N(c2ccccc2)c2ccccc2-c2cccc4c2sc2ccccc24)c1O3. The van der Waals surface area contributed by atoms with E-state index < -0.39 is 0 Å². The van der Waals surface area contributed by atoms with Gasteiger partial charge in [0.15, 0.2) is 23.0 Å². The third-order valence-corrected chi connectivity index (χ3v) is 14.2. The zero-order valence-corrected chi connectivity index (χ0v) is 32.7. The number of ether oxygens (including phenoxy) is 2. The van der Waals surface area contributed by atoms with Crippen LogP contribution in [0.15, 0.2) is 194 Å². The van der Waals surface area contributed by atoms with E-state index in [2.05, 4.69) is 193 Å². The van der Waals surface area contributed by atoms with Crippen molar-refractivity contribution in [2.45, 2.75) is 11.8 Å². The Labute approximate surface area is 346 Å². The van der Waals surface area contributed by atoms with Crippen LogP contribution in [-0.4, -0.2) is 0 Å². The summed E-state index contributed by atoms with van der Waals surface area (Å²) in [4.78, 5) is 2.33. The van der Waals surface area contributed by atoms with Crippen molar-refractivity contribution in [1.82, 2.24) is 0 Å². The second kappa shape index (κ2) is 12.4. The number of para-hydroxylation sites is 3. The molecule has 3 aliphatic carbocycles. The minimum Gasteiger partial charge on any atom is -0.449 e. The highest BCUT2D eigenvalue weighted by Gasteiger charge is 2.56. The number of benzene rings is 8. The second-order valence-corrected chi connectivity index (χ2v) is 16.9. The second-order valence-electron chi connectivity index (χ2n) is 15.9. The highest BCUT2D eigenvalue weighted by atomic mass is 32.1.